The summed E-state index contributed by atoms with van der Waals surface area (Å²) < 4.78 is 22.6. The van der Waals surface area contributed by atoms with Crippen molar-refractivity contribution in [3.63, 3.8) is 0 Å². The van der Waals surface area contributed by atoms with Crippen molar-refractivity contribution in [1.82, 2.24) is 0 Å². The topological polar surface area (TPSA) is 43.4 Å². The summed E-state index contributed by atoms with van der Waals surface area (Å²) in [5.74, 6) is -5.05. The Balaban J connectivity index is 1.74. The van der Waals surface area contributed by atoms with E-state index in [4.69, 9.17) is 7.48 Å². The van der Waals surface area contributed by atoms with Gasteiger partial charge in [-0.15, -0.1) is 0 Å². The average molecular weight is 258 g/mol. The molecule has 6 unspecified atom stereocenters. The zero-order chi connectivity index (χ0) is 14.6. The van der Waals surface area contributed by atoms with Crippen molar-refractivity contribution >= 4 is 11.9 Å². The number of ether oxygens (including phenoxy) is 1. The highest BCUT2D eigenvalue weighted by atomic mass is 16.6. The Morgan fingerprint density at radius 2 is 1.37 bits per heavy atom. The molecular formula is C16H16O3. The van der Waals surface area contributed by atoms with E-state index < -0.39 is 35.6 Å². The van der Waals surface area contributed by atoms with E-state index in [1.54, 1.807) is 12.2 Å². The summed E-state index contributed by atoms with van der Waals surface area (Å²) >= 11 is 0. The first kappa shape index (κ1) is 8.72. The van der Waals surface area contributed by atoms with Gasteiger partial charge >= 0.3 is 11.9 Å². The molecule has 2 fully saturated rings. The van der Waals surface area contributed by atoms with Crippen molar-refractivity contribution in [3.05, 3.63) is 23.3 Å². The molecule has 1 aliphatic heterocycles. The Kier molecular flexibility index (Phi) is 1.47. The van der Waals surface area contributed by atoms with Gasteiger partial charge in [-0.25, -0.2) is 0 Å². The molecule has 0 aromatic carbocycles. The largest absolute Gasteiger partial charge is 0.393 e. The van der Waals surface area contributed by atoms with Crippen LogP contribution in [-0.4, -0.2) is 11.9 Å². The highest BCUT2D eigenvalue weighted by molar-refractivity contribution is 5.98. The maximum Gasteiger partial charge on any atom is 0.318 e. The molecule has 1 heterocycles. The van der Waals surface area contributed by atoms with E-state index in [0.29, 0.717) is 0 Å². The lowest BCUT2D eigenvalue weighted by atomic mass is 9.44. The summed E-state index contributed by atoms with van der Waals surface area (Å²) in [6.07, 6.45) is 7.65. The van der Waals surface area contributed by atoms with Crippen LogP contribution in [0.25, 0.3) is 0 Å². The van der Waals surface area contributed by atoms with Crippen molar-refractivity contribution in [3.8, 4) is 0 Å². The summed E-state index contributed by atoms with van der Waals surface area (Å²) in [7, 11) is 0. The second-order valence-corrected chi connectivity index (χ2v) is 6.24. The third-order valence-corrected chi connectivity index (χ3v) is 5.59. The van der Waals surface area contributed by atoms with Crippen LogP contribution in [0.5, 0.6) is 0 Å². The van der Waals surface area contributed by atoms with Gasteiger partial charge in [0.25, 0.3) is 0 Å². The van der Waals surface area contributed by atoms with E-state index in [9.17, 15) is 9.59 Å². The smallest absolute Gasteiger partial charge is 0.318 e. The van der Waals surface area contributed by atoms with E-state index in [2.05, 4.69) is 0 Å². The Labute approximate surface area is 114 Å². The number of carbonyl (C=O) groups excluding carboxylic acids is 2. The van der Waals surface area contributed by atoms with E-state index in [1.165, 1.54) is 11.1 Å². The fourth-order valence-corrected chi connectivity index (χ4v) is 4.91. The first-order chi connectivity index (χ1) is 9.98. The number of esters is 2. The molecule has 0 N–H and O–H groups in total. The third-order valence-electron chi connectivity index (χ3n) is 5.59. The standard InChI is InChI=1S/C16H16O3/c17-15-13-9-5-6-10(14(13)16(18)19-15)12-8-4-2-1-3-7(8)11(9)12/h5-6,9-14H,1-4H2/i9D,10D. The summed E-state index contributed by atoms with van der Waals surface area (Å²) in [5.41, 5.74) is 2.60. The minimum absolute atomic E-state index is 0.0602. The van der Waals surface area contributed by atoms with Crippen LogP contribution in [0.15, 0.2) is 23.3 Å². The zero-order valence-corrected chi connectivity index (χ0v) is 10.5. The van der Waals surface area contributed by atoms with Gasteiger partial charge in [-0.1, -0.05) is 23.3 Å². The number of carbonyl (C=O) groups is 2. The predicted octanol–water partition coefficient (Wildman–Crippen LogP) is 2.23. The molecule has 0 aromatic rings. The average Bonchev–Trinajstić information content (AvgIpc) is 2.73. The lowest BCUT2D eigenvalue weighted by Gasteiger charge is -2.58. The van der Waals surface area contributed by atoms with Crippen LogP contribution in [0.3, 0.4) is 0 Å². The second kappa shape index (κ2) is 3.20. The minimum atomic E-state index is -1.09. The fourth-order valence-electron chi connectivity index (χ4n) is 4.91. The van der Waals surface area contributed by atoms with E-state index in [0.717, 1.165) is 25.7 Å². The van der Waals surface area contributed by atoms with Gasteiger partial charge in [0.1, 0.15) is 0 Å². The van der Waals surface area contributed by atoms with Crippen molar-refractivity contribution < 1.29 is 17.1 Å². The van der Waals surface area contributed by atoms with E-state index in [1.807, 2.05) is 0 Å². The second-order valence-electron chi connectivity index (χ2n) is 6.24. The number of hydrogen-bond donors (Lipinski definition) is 0. The van der Waals surface area contributed by atoms with E-state index in [-0.39, 0.29) is 11.8 Å². The molecule has 6 atom stereocenters. The molecule has 0 amide bonds. The summed E-state index contributed by atoms with van der Waals surface area (Å²) in [4.78, 5) is 24.2. The highest BCUT2D eigenvalue weighted by Crippen LogP contribution is 2.65. The van der Waals surface area contributed by atoms with Crippen molar-refractivity contribution in [2.45, 2.75) is 25.7 Å². The maximum atomic E-state index is 12.1. The maximum absolute atomic E-state index is 12.1. The molecule has 1 saturated heterocycles. The van der Waals surface area contributed by atoms with Gasteiger partial charge in [-0.3, -0.25) is 9.59 Å². The van der Waals surface area contributed by atoms with Crippen LogP contribution < -0.4 is 0 Å². The van der Waals surface area contributed by atoms with Gasteiger partial charge in [-0.2, -0.15) is 0 Å². The number of allylic oxidation sites excluding steroid dienone is 4. The Morgan fingerprint density at radius 3 is 1.84 bits per heavy atom. The van der Waals surface area contributed by atoms with E-state index >= 15 is 0 Å². The third kappa shape index (κ3) is 1.03. The van der Waals surface area contributed by atoms with Gasteiger partial charge in [-0.05, 0) is 49.3 Å². The van der Waals surface area contributed by atoms with Gasteiger partial charge < -0.3 is 4.74 Å². The molecule has 6 aliphatic rings. The Bertz CT molecular complexity index is 612. The van der Waals surface area contributed by atoms with Crippen molar-refractivity contribution in [2.24, 2.45) is 35.5 Å². The molecule has 0 aromatic heterocycles. The van der Waals surface area contributed by atoms with Crippen LogP contribution in [0.4, 0.5) is 0 Å². The fraction of sp³-hybridized carbons (Fsp3) is 0.625. The molecule has 6 rings (SSSR count). The summed E-state index contributed by atoms with van der Waals surface area (Å²) in [6.45, 7) is 0. The molecule has 3 heteroatoms. The molecule has 1 saturated carbocycles. The first-order valence-corrected chi connectivity index (χ1v) is 7.16. The molecule has 2 bridgehead atoms. The lowest BCUT2D eigenvalue weighted by Crippen LogP contribution is -2.55. The van der Waals surface area contributed by atoms with Crippen LogP contribution in [0, 0.1) is 35.5 Å². The highest BCUT2D eigenvalue weighted by Gasteiger charge is 2.65. The predicted molar refractivity (Wildman–Crippen MR) is 66.7 cm³/mol. The zero-order valence-electron chi connectivity index (χ0n) is 12.5. The Morgan fingerprint density at radius 1 is 0.895 bits per heavy atom. The van der Waals surface area contributed by atoms with Crippen LogP contribution in [-0.2, 0) is 14.3 Å². The molecule has 98 valence electrons. The van der Waals surface area contributed by atoms with Gasteiger partial charge in [0.2, 0.25) is 0 Å². The molecule has 0 radical (unpaired) electrons. The molecular weight excluding hydrogens is 240 g/mol. The SMILES string of the molecule is [2H]C12C=CC([2H])(C3C(=O)OC(=O)C31)C1C3=C(CCCC3)C12. The van der Waals surface area contributed by atoms with Crippen molar-refractivity contribution in [2.75, 3.05) is 0 Å². The minimum Gasteiger partial charge on any atom is -0.393 e. The molecule has 19 heavy (non-hydrogen) atoms. The normalized spacial score (nSPS) is 58.7. The van der Waals surface area contributed by atoms with Crippen LogP contribution >= 0.6 is 0 Å². The Hall–Kier alpha value is -1.38. The summed E-state index contributed by atoms with van der Waals surface area (Å²) in [6, 6.07) is 0. The van der Waals surface area contributed by atoms with Gasteiger partial charge in [0, 0.05) is 2.74 Å². The summed E-state index contributed by atoms with van der Waals surface area (Å²) in [5, 5.41) is 0. The lowest BCUT2D eigenvalue weighted by molar-refractivity contribution is -0.154. The quantitative estimate of drug-likeness (QED) is 0.380. The van der Waals surface area contributed by atoms with Gasteiger partial charge in [0.15, 0.2) is 0 Å². The number of hydrogen-bond acceptors (Lipinski definition) is 3. The number of cyclic esters (lactones) is 2. The molecule has 3 nitrogen and oxygen atoms in total. The first-order valence-electron chi connectivity index (χ1n) is 8.16. The van der Waals surface area contributed by atoms with Crippen LogP contribution in [0.2, 0.25) is 0 Å². The van der Waals surface area contributed by atoms with Crippen LogP contribution in [0.1, 0.15) is 28.4 Å². The molecule has 0 spiro atoms. The molecule has 5 aliphatic carbocycles. The van der Waals surface area contributed by atoms with Gasteiger partial charge in [0.05, 0.1) is 11.8 Å². The monoisotopic (exact) mass is 258 g/mol. The number of rotatable bonds is 0. The van der Waals surface area contributed by atoms with Crippen molar-refractivity contribution in [1.29, 1.82) is 0 Å².